The van der Waals surface area contributed by atoms with Gasteiger partial charge in [-0.15, -0.1) is 0 Å². The van der Waals surface area contributed by atoms with Crippen LogP contribution in [0.5, 0.6) is 0 Å². The lowest BCUT2D eigenvalue weighted by molar-refractivity contribution is 0.428. The van der Waals surface area contributed by atoms with Gasteiger partial charge in [0.05, 0.1) is 4.55 Å². The van der Waals surface area contributed by atoms with Gasteiger partial charge in [0.1, 0.15) is 0 Å². The van der Waals surface area contributed by atoms with Crippen molar-refractivity contribution in [1.29, 1.82) is 0 Å². The molecule has 0 saturated carbocycles. The van der Waals surface area contributed by atoms with Crippen molar-refractivity contribution in [2.75, 3.05) is 0 Å². The minimum absolute atomic E-state index is 0.172. The molecule has 0 unspecified atom stereocenters. The molecule has 0 spiro atoms. The van der Waals surface area contributed by atoms with E-state index in [1.807, 2.05) is 36.4 Å². The largest absolute Gasteiger partial charge is 0.337 e. The van der Waals surface area contributed by atoms with Crippen LogP contribution in [0.4, 0.5) is 0 Å². The van der Waals surface area contributed by atoms with Gasteiger partial charge in [-0.25, -0.2) is 28.1 Å². The maximum atomic E-state index is 12.0. The van der Waals surface area contributed by atoms with Crippen molar-refractivity contribution in [1.82, 2.24) is 13.7 Å². The highest BCUT2D eigenvalue weighted by Gasteiger charge is 2.14. The summed E-state index contributed by atoms with van der Waals surface area (Å²) in [6.45, 7) is 6.15. The van der Waals surface area contributed by atoms with Crippen molar-refractivity contribution >= 4 is 22.6 Å². The van der Waals surface area contributed by atoms with E-state index in [0.29, 0.717) is 6.54 Å². The lowest BCUT2D eigenvalue weighted by atomic mass is 10.2. The number of hydrogen-bond acceptors (Lipinski definition) is 3. The molecular formula is C10H16IN3O3. The second kappa shape index (κ2) is 5.65. The fraction of sp³-hybridized carbons (Fsp3) is 0.700. The molecule has 0 N–H and O–H groups in total. The Balaban J connectivity index is 3.67. The third-order valence-corrected chi connectivity index (χ3v) is 3.05. The fourth-order valence-corrected chi connectivity index (χ4v) is 2.16. The van der Waals surface area contributed by atoms with Gasteiger partial charge in [-0.1, -0.05) is 36.4 Å². The Labute approximate surface area is 112 Å². The molecule has 1 aromatic rings. The summed E-state index contributed by atoms with van der Waals surface area (Å²) in [7, 11) is 0. The first-order valence-corrected chi connectivity index (χ1v) is 6.97. The maximum absolute atomic E-state index is 12.0. The monoisotopic (exact) mass is 353 g/mol. The first-order valence-electron chi connectivity index (χ1n) is 5.44. The minimum Gasteiger partial charge on any atom is -0.247 e. The van der Waals surface area contributed by atoms with Crippen LogP contribution in [0.3, 0.4) is 0 Å². The third kappa shape index (κ3) is 2.70. The van der Waals surface area contributed by atoms with E-state index in [9.17, 15) is 14.4 Å². The molecule has 0 saturated heterocycles. The zero-order chi connectivity index (χ0) is 13.2. The first kappa shape index (κ1) is 14.2. The van der Waals surface area contributed by atoms with Crippen molar-refractivity contribution in [2.45, 2.75) is 38.4 Å². The van der Waals surface area contributed by atoms with Crippen LogP contribution in [0.15, 0.2) is 14.4 Å². The molecule has 6 nitrogen and oxygen atoms in total. The number of aromatic nitrogens is 3. The summed E-state index contributed by atoms with van der Waals surface area (Å²) in [6, 6.07) is 0. The van der Waals surface area contributed by atoms with E-state index < -0.39 is 17.1 Å². The zero-order valence-electron chi connectivity index (χ0n) is 10.1. The topological polar surface area (TPSA) is 66.0 Å². The molecule has 0 bridgehead atoms. The Hall–Kier alpha value is -0.860. The predicted molar refractivity (Wildman–Crippen MR) is 73.8 cm³/mol. The van der Waals surface area contributed by atoms with Crippen molar-refractivity contribution in [3.05, 3.63) is 31.5 Å². The standard InChI is InChI=1S/C10H16IN3O3/c1-4-12-8(15)13(5-7(2)3)10(17)14(6-11)9(12)16/h7H,4-6H2,1-3H3. The molecule has 0 atom stereocenters. The van der Waals surface area contributed by atoms with E-state index in [4.69, 9.17) is 0 Å². The molecule has 1 heterocycles. The zero-order valence-corrected chi connectivity index (χ0v) is 12.3. The molecule has 7 heteroatoms. The van der Waals surface area contributed by atoms with Gasteiger partial charge in [-0.3, -0.25) is 0 Å². The molecule has 96 valence electrons. The van der Waals surface area contributed by atoms with Gasteiger partial charge in [-0.05, 0) is 12.8 Å². The van der Waals surface area contributed by atoms with Crippen LogP contribution in [0.1, 0.15) is 20.8 Å². The third-order valence-electron chi connectivity index (χ3n) is 2.37. The highest BCUT2D eigenvalue weighted by molar-refractivity contribution is 14.1. The Bertz CT molecular complexity index is 525. The summed E-state index contributed by atoms with van der Waals surface area (Å²) >= 11 is 1.93. The highest BCUT2D eigenvalue weighted by atomic mass is 127. The second-order valence-electron chi connectivity index (χ2n) is 4.14. The van der Waals surface area contributed by atoms with Gasteiger partial charge in [0.25, 0.3) is 0 Å². The van der Waals surface area contributed by atoms with Gasteiger partial charge in [-0.2, -0.15) is 0 Å². The molecule has 0 aromatic carbocycles. The van der Waals surface area contributed by atoms with Gasteiger partial charge >= 0.3 is 17.1 Å². The number of alkyl halides is 1. The Morgan fingerprint density at radius 3 is 1.88 bits per heavy atom. The summed E-state index contributed by atoms with van der Waals surface area (Å²) in [5, 5.41) is 0. The van der Waals surface area contributed by atoms with E-state index in [-0.39, 0.29) is 17.0 Å². The van der Waals surface area contributed by atoms with Crippen LogP contribution in [0.2, 0.25) is 0 Å². The SMILES string of the molecule is CCn1c(=O)n(CI)c(=O)n(CC(C)C)c1=O. The van der Waals surface area contributed by atoms with Gasteiger partial charge in [0.2, 0.25) is 0 Å². The summed E-state index contributed by atoms with van der Waals surface area (Å²) in [5.41, 5.74) is -1.57. The lowest BCUT2D eigenvalue weighted by Crippen LogP contribution is -2.54. The number of nitrogens with zero attached hydrogens (tertiary/aromatic N) is 3. The van der Waals surface area contributed by atoms with E-state index in [1.165, 1.54) is 0 Å². The molecule has 1 rings (SSSR count). The normalized spacial score (nSPS) is 11.1. The fourth-order valence-electron chi connectivity index (χ4n) is 1.58. The van der Waals surface area contributed by atoms with Gasteiger partial charge in [0, 0.05) is 13.1 Å². The second-order valence-corrected chi connectivity index (χ2v) is 4.83. The van der Waals surface area contributed by atoms with E-state index >= 15 is 0 Å². The maximum Gasteiger partial charge on any atom is 0.337 e. The van der Waals surface area contributed by atoms with Crippen molar-refractivity contribution in [3.8, 4) is 0 Å². The number of rotatable bonds is 4. The lowest BCUT2D eigenvalue weighted by Gasteiger charge is -2.12. The Kier molecular flexibility index (Phi) is 4.72. The minimum atomic E-state index is -0.531. The van der Waals surface area contributed by atoms with Crippen molar-refractivity contribution < 1.29 is 0 Å². The van der Waals surface area contributed by atoms with Crippen molar-refractivity contribution in [2.24, 2.45) is 5.92 Å². The summed E-state index contributed by atoms with van der Waals surface area (Å²) in [5.74, 6) is 0.172. The average Bonchev–Trinajstić information content (AvgIpc) is 2.25. The summed E-state index contributed by atoms with van der Waals surface area (Å²) in [4.78, 5) is 35.7. The van der Waals surface area contributed by atoms with Crippen LogP contribution in [0, 0.1) is 5.92 Å². The van der Waals surface area contributed by atoms with Gasteiger partial charge in [0.15, 0.2) is 0 Å². The van der Waals surface area contributed by atoms with E-state index in [1.54, 1.807) is 6.92 Å². The smallest absolute Gasteiger partial charge is 0.247 e. The molecular weight excluding hydrogens is 337 g/mol. The quantitative estimate of drug-likeness (QED) is 0.575. The molecule has 0 aliphatic heterocycles. The number of halogens is 1. The number of hydrogen-bond donors (Lipinski definition) is 0. The molecule has 0 amide bonds. The van der Waals surface area contributed by atoms with Crippen LogP contribution in [-0.4, -0.2) is 13.7 Å². The van der Waals surface area contributed by atoms with Crippen LogP contribution < -0.4 is 17.1 Å². The highest BCUT2D eigenvalue weighted by Crippen LogP contribution is 1.93. The van der Waals surface area contributed by atoms with Gasteiger partial charge < -0.3 is 0 Å². The first-order chi connectivity index (χ1) is 7.93. The van der Waals surface area contributed by atoms with E-state index in [2.05, 4.69) is 0 Å². The molecule has 17 heavy (non-hydrogen) atoms. The van der Waals surface area contributed by atoms with E-state index in [0.717, 1.165) is 13.7 Å². The summed E-state index contributed by atoms with van der Waals surface area (Å²) in [6.07, 6.45) is 0. The summed E-state index contributed by atoms with van der Waals surface area (Å²) < 4.78 is 3.54. The molecule has 0 aliphatic rings. The predicted octanol–water partition coefficient (Wildman–Crippen LogP) is 0.240. The van der Waals surface area contributed by atoms with Crippen LogP contribution in [0.25, 0.3) is 0 Å². The Morgan fingerprint density at radius 1 is 1.00 bits per heavy atom. The average molecular weight is 353 g/mol. The molecule has 0 radical (unpaired) electrons. The van der Waals surface area contributed by atoms with Crippen LogP contribution >= 0.6 is 22.6 Å². The van der Waals surface area contributed by atoms with Crippen molar-refractivity contribution in [3.63, 3.8) is 0 Å². The Morgan fingerprint density at radius 2 is 1.47 bits per heavy atom. The molecule has 0 aliphatic carbocycles. The molecule has 0 fully saturated rings. The van der Waals surface area contributed by atoms with Crippen LogP contribution in [-0.2, 0) is 17.6 Å². The molecule has 1 aromatic heterocycles.